The van der Waals surface area contributed by atoms with Gasteiger partial charge in [-0.2, -0.15) is 15.8 Å². The zero-order valence-electron chi connectivity index (χ0n) is 30.8. The van der Waals surface area contributed by atoms with Crippen molar-refractivity contribution in [3.05, 3.63) is 198 Å². The van der Waals surface area contributed by atoms with E-state index >= 15 is 0 Å². The van der Waals surface area contributed by atoms with Crippen LogP contribution in [0.1, 0.15) is 16.7 Å². The minimum atomic E-state index is 0.476. The van der Waals surface area contributed by atoms with E-state index in [1.807, 2.05) is 103 Å². The van der Waals surface area contributed by atoms with Crippen LogP contribution in [0.15, 0.2) is 170 Å². The van der Waals surface area contributed by atoms with Crippen molar-refractivity contribution in [2.75, 3.05) is 0 Å². The summed E-state index contributed by atoms with van der Waals surface area (Å²) in [6.07, 6.45) is 0. The standard InChI is InChI=1S/C52H28N6/c1-56-45-18-7-4-15-40(45)36-22-24-49-44(29-36)42-17-6-9-20-47(42)58(49)51-27-34(31-54)26-50(52(51)37-13-10-11-33(25-37)30-53)57-46-19-8-5-16-41(46)43-28-35(21-23-48(43)57)39-14-3-2-12-38(39)32-55/h2-29H. The zero-order chi connectivity index (χ0) is 39.3. The summed E-state index contributed by atoms with van der Waals surface area (Å²) in [5, 5.41) is 34.9. The second kappa shape index (κ2) is 13.6. The van der Waals surface area contributed by atoms with Gasteiger partial charge in [0.1, 0.15) is 0 Å². The molecule has 0 unspecified atom stereocenters. The number of hydrogen-bond acceptors (Lipinski definition) is 3. The molecule has 0 aliphatic carbocycles. The van der Waals surface area contributed by atoms with Gasteiger partial charge in [0.2, 0.25) is 0 Å². The molecule has 0 fully saturated rings. The van der Waals surface area contributed by atoms with Gasteiger partial charge >= 0.3 is 0 Å². The normalized spacial score (nSPS) is 11.0. The Hall–Kier alpha value is -8.68. The molecule has 0 aliphatic rings. The summed E-state index contributed by atoms with van der Waals surface area (Å²) in [5.74, 6) is 0. The van der Waals surface area contributed by atoms with Gasteiger partial charge in [-0.15, -0.1) is 0 Å². The Labute approximate surface area is 334 Å². The highest BCUT2D eigenvalue weighted by Gasteiger charge is 2.24. The molecule has 266 valence electrons. The molecule has 0 bridgehead atoms. The maximum atomic E-state index is 10.7. The van der Waals surface area contributed by atoms with Crippen molar-refractivity contribution in [1.82, 2.24) is 9.13 Å². The molecule has 2 heterocycles. The van der Waals surface area contributed by atoms with Crippen molar-refractivity contribution >= 4 is 49.3 Å². The molecular formula is C52H28N6. The Morgan fingerprint density at radius 1 is 0.414 bits per heavy atom. The number of hydrogen-bond donors (Lipinski definition) is 0. The van der Waals surface area contributed by atoms with E-state index in [0.29, 0.717) is 22.4 Å². The summed E-state index contributed by atoms with van der Waals surface area (Å²) in [5.41, 5.74) is 12.8. The average molecular weight is 737 g/mol. The van der Waals surface area contributed by atoms with Crippen LogP contribution < -0.4 is 0 Å². The third kappa shape index (κ3) is 5.23. The average Bonchev–Trinajstić information content (AvgIpc) is 3.80. The van der Waals surface area contributed by atoms with Crippen LogP contribution in [0.5, 0.6) is 0 Å². The predicted octanol–water partition coefficient (Wildman–Crippen LogP) is 13.0. The number of aromatic nitrogens is 2. The van der Waals surface area contributed by atoms with Crippen LogP contribution in [0.25, 0.3) is 93.2 Å². The lowest BCUT2D eigenvalue weighted by molar-refractivity contribution is 1.13. The SMILES string of the molecule is [C-]#[N+]c1ccccc1-c1ccc2c(c1)c1ccccc1n2-c1cc(C#N)cc(-n2c3ccccc3c3cc(-c4ccccc4C#N)ccc32)c1-c1cccc(C#N)c1. The molecule has 10 rings (SSSR count). The summed E-state index contributed by atoms with van der Waals surface area (Å²) in [4.78, 5) is 3.80. The number of nitrogens with zero attached hydrogens (tertiary/aromatic N) is 6. The third-order valence-electron chi connectivity index (χ3n) is 11.0. The highest BCUT2D eigenvalue weighted by atomic mass is 15.0. The van der Waals surface area contributed by atoms with Gasteiger partial charge in [-0.3, -0.25) is 0 Å². The molecule has 0 spiro atoms. The first-order valence-electron chi connectivity index (χ1n) is 18.7. The predicted molar refractivity (Wildman–Crippen MR) is 232 cm³/mol. The lowest BCUT2D eigenvalue weighted by Crippen LogP contribution is -2.05. The number of nitriles is 3. The van der Waals surface area contributed by atoms with E-state index in [1.54, 1.807) is 6.07 Å². The number of para-hydroxylation sites is 3. The van der Waals surface area contributed by atoms with E-state index in [-0.39, 0.29) is 0 Å². The molecule has 0 amide bonds. The van der Waals surface area contributed by atoms with Crippen LogP contribution >= 0.6 is 0 Å². The van der Waals surface area contributed by atoms with Gasteiger partial charge in [0.05, 0.1) is 74.9 Å². The Balaban J connectivity index is 1.33. The quantitative estimate of drug-likeness (QED) is 0.165. The fraction of sp³-hybridized carbons (Fsp3) is 0. The molecule has 8 aromatic carbocycles. The second-order valence-corrected chi connectivity index (χ2v) is 14.1. The van der Waals surface area contributed by atoms with E-state index in [4.69, 9.17) is 6.57 Å². The highest BCUT2D eigenvalue weighted by molar-refractivity contribution is 6.13. The molecule has 10 aromatic rings. The highest BCUT2D eigenvalue weighted by Crippen LogP contribution is 2.44. The Morgan fingerprint density at radius 3 is 1.55 bits per heavy atom. The van der Waals surface area contributed by atoms with Crippen LogP contribution in [-0.4, -0.2) is 9.13 Å². The van der Waals surface area contributed by atoms with Crippen molar-refractivity contribution in [2.45, 2.75) is 0 Å². The molecule has 2 aromatic heterocycles. The maximum absolute atomic E-state index is 10.7. The van der Waals surface area contributed by atoms with Crippen LogP contribution in [0, 0.1) is 40.6 Å². The van der Waals surface area contributed by atoms with Gasteiger partial charge < -0.3 is 9.13 Å². The molecule has 0 atom stereocenters. The molecule has 6 heteroatoms. The fourth-order valence-corrected chi connectivity index (χ4v) is 8.52. The minimum absolute atomic E-state index is 0.476. The first-order chi connectivity index (χ1) is 28.6. The van der Waals surface area contributed by atoms with Gasteiger partial charge in [-0.05, 0) is 94.5 Å². The fourth-order valence-electron chi connectivity index (χ4n) is 8.52. The van der Waals surface area contributed by atoms with Crippen LogP contribution in [0.4, 0.5) is 5.69 Å². The smallest absolute Gasteiger partial charge is 0.194 e. The van der Waals surface area contributed by atoms with Crippen LogP contribution in [-0.2, 0) is 0 Å². The Morgan fingerprint density at radius 2 is 0.948 bits per heavy atom. The zero-order valence-corrected chi connectivity index (χ0v) is 30.8. The molecule has 0 N–H and O–H groups in total. The number of rotatable bonds is 5. The summed E-state index contributed by atoms with van der Waals surface area (Å²) < 4.78 is 4.44. The van der Waals surface area contributed by atoms with Crippen LogP contribution in [0.3, 0.4) is 0 Å². The van der Waals surface area contributed by atoms with Gasteiger partial charge in [-0.1, -0.05) is 103 Å². The molecule has 58 heavy (non-hydrogen) atoms. The van der Waals surface area contributed by atoms with Crippen molar-refractivity contribution < 1.29 is 0 Å². The van der Waals surface area contributed by atoms with Gasteiger partial charge in [0.15, 0.2) is 5.69 Å². The topological polar surface area (TPSA) is 85.6 Å². The third-order valence-corrected chi connectivity index (χ3v) is 11.0. The van der Waals surface area contributed by atoms with Crippen molar-refractivity contribution in [3.63, 3.8) is 0 Å². The summed E-state index contributed by atoms with van der Waals surface area (Å²) >= 11 is 0. The van der Waals surface area contributed by atoms with Crippen molar-refractivity contribution in [2.24, 2.45) is 0 Å². The maximum Gasteiger partial charge on any atom is 0.194 e. The molecule has 0 radical (unpaired) electrons. The van der Waals surface area contributed by atoms with Gasteiger partial charge in [0.25, 0.3) is 0 Å². The number of fused-ring (bicyclic) bond motifs is 6. The van der Waals surface area contributed by atoms with Gasteiger partial charge in [-0.25, -0.2) is 4.85 Å². The molecule has 0 aliphatic heterocycles. The Kier molecular flexibility index (Phi) is 7.92. The monoisotopic (exact) mass is 736 g/mol. The largest absolute Gasteiger partial charge is 0.308 e. The Bertz CT molecular complexity index is 3320. The van der Waals surface area contributed by atoms with E-state index < -0.39 is 0 Å². The summed E-state index contributed by atoms with van der Waals surface area (Å²) in [6.45, 7) is 7.82. The molecule has 0 saturated heterocycles. The van der Waals surface area contributed by atoms with Crippen LogP contribution in [0.2, 0.25) is 0 Å². The summed E-state index contributed by atoms with van der Waals surface area (Å²) in [7, 11) is 0. The van der Waals surface area contributed by atoms with Gasteiger partial charge in [0, 0.05) is 27.1 Å². The lowest BCUT2D eigenvalue weighted by Gasteiger charge is -2.21. The molecule has 0 saturated carbocycles. The second-order valence-electron chi connectivity index (χ2n) is 14.1. The van der Waals surface area contributed by atoms with Crippen molar-refractivity contribution in [1.29, 1.82) is 15.8 Å². The lowest BCUT2D eigenvalue weighted by atomic mass is 9.96. The van der Waals surface area contributed by atoms with E-state index in [0.717, 1.165) is 88.4 Å². The van der Waals surface area contributed by atoms with E-state index in [1.165, 1.54) is 0 Å². The van der Waals surface area contributed by atoms with E-state index in [2.05, 4.69) is 92.9 Å². The molecule has 6 nitrogen and oxygen atoms in total. The number of benzene rings is 8. The minimum Gasteiger partial charge on any atom is -0.308 e. The molecular weight excluding hydrogens is 709 g/mol. The van der Waals surface area contributed by atoms with E-state index in [9.17, 15) is 15.8 Å². The summed E-state index contributed by atoms with van der Waals surface area (Å²) in [6, 6.07) is 63.1. The van der Waals surface area contributed by atoms with Crippen molar-refractivity contribution in [3.8, 4) is 63.0 Å². The first kappa shape index (κ1) is 33.9. The first-order valence-corrected chi connectivity index (χ1v) is 18.7.